The van der Waals surface area contributed by atoms with Crippen molar-refractivity contribution in [3.8, 4) is 5.75 Å². The molecule has 0 saturated carbocycles. The van der Waals surface area contributed by atoms with Crippen LogP contribution in [0.25, 0.3) is 0 Å². The van der Waals surface area contributed by atoms with Crippen LogP contribution in [0.5, 0.6) is 5.75 Å². The molecular formula is C14H12ClNO3S. The van der Waals surface area contributed by atoms with Crippen molar-refractivity contribution in [1.29, 1.82) is 0 Å². The first-order valence-electron chi connectivity index (χ1n) is 5.79. The largest absolute Gasteiger partial charge is 0.495 e. The summed E-state index contributed by atoms with van der Waals surface area (Å²) in [6, 6.07) is 6.46. The highest BCUT2D eigenvalue weighted by Gasteiger charge is 2.14. The molecule has 1 N–H and O–H groups in total. The molecule has 20 heavy (non-hydrogen) atoms. The molecule has 1 aromatic carbocycles. The maximum absolute atomic E-state index is 12.0. The number of benzene rings is 1. The van der Waals surface area contributed by atoms with E-state index in [1.165, 1.54) is 18.4 Å². The Morgan fingerprint density at radius 1 is 1.25 bits per heavy atom. The molecule has 0 radical (unpaired) electrons. The van der Waals surface area contributed by atoms with E-state index in [9.17, 15) is 9.59 Å². The van der Waals surface area contributed by atoms with E-state index in [0.29, 0.717) is 21.9 Å². The average Bonchev–Trinajstić information content (AvgIpc) is 2.93. The summed E-state index contributed by atoms with van der Waals surface area (Å²) < 4.78 is 5.07. The van der Waals surface area contributed by atoms with E-state index in [-0.39, 0.29) is 18.2 Å². The number of thiophene rings is 1. The zero-order valence-electron chi connectivity index (χ0n) is 10.7. The maximum Gasteiger partial charge on any atom is 0.251 e. The van der Waals surface area contributed by atoms with Gasteiger partial charge in [0.05, 0.1) is 19.2 Å². The zero-order chi connectivity index (χ0) is 14.5. The lowest BCUT2D eigenvalue weighted by atomic mass is 10.2. The zero-order valence-corrected chi connectivity index (χ0v) is 12.3. The third-order valence-corrected chi connectivity index (χ3v) is 3.64. The van der Waals surface area contributed by atoms with Crippen LogP contribution in [-0.4, -0.2) is 25.3 Å². The molecule has 2 aromatic rings. The number of hydrogen-bond donors (Lipinski definition) is 1. The number of carbonyl (C=O) groups is 2. The predicted octanol–water partition coefficient (Wildman–Crippen LogP) is 3.02. The van der Waals surface area contributed by atoms with E-state index >= 15 is 0 Å². The first-order chi connectivity index (χ1) is 9.61. The van der Waals surface area contributed by atoms with Crippen LogP contribution in [0, 0.1) is 0 Å². The molecule has 0 bridgehead atoms. The molecule has 104 valence electrons. The van der Waals surface area contributed by atoms with Crippen molar-refractivity contribution >= 4 is 34.6 Å². The molecule has 0 unspecified atom stereocenters. The molecule has 0 fully saturated rings. The second kappa shape index (κ2) is 6.54. The highest BCUT2D eigenvalue weighted by molar-refractivity contribution is 7.08. The van der Waals surface area contributed by atoms with Crippen molar-refractivity contribution in [2.75, 3.05) is 13.7 Å². The fourth-order valence-corrected chi connectivity index (χ4v) is 2.53. The number of ketones is 1. The van der Waals surface area contributed by atoms with Gasteiger partial charge in [-0.2, -0.15) is 0 Å². The number of amides is 1. The number of ether oxygens (including phenoxy) is 1. The molecule has 0 aliphatic carbocycles. The van der Waals surface area contributed by atoms with Crippen LogP contribution in [0.15, 0.2) is 35.0 Å². The molecule has 6 heteroatoms. The standard InChI is InChI=1S/C14H12ClNO3S/c1-19-13-8-20-7-11(13)12(17)6-16-14(18)9-2-4-10(15)5-3-9/h2-5,7-8H,6H2,1H3,(H,16,18). The number of methoxy groups -OCH3 is 1. The van der Waals surface area contributed by atoms with Gasteiger partial charge < -0.3 is 10.1 Å². The Bertz CT molecular complexity index is 622. The summed E-state index contributed by atoms with van der Waals surface area (Å²) in [4.78, 5) is 23.8. The summed E-state index contributed by atoms with van der Waals surface area (Å²) >= 11 is 7.12. The van der Waals surface area contributed by atoms with Crippen molar-refractivity contribution < 1.29 is 14.3 Å². The Labute approximate surface area is 125 Å². The first kappa shape index (κ1) is 14.6. The Hall–Kier alpha value is -1.85. The van der Waals surface area contributed by atoms with Crippen LogP contribution < -0.4 is 10.1 Å². The van der Waals surface area contributed by atoms with E-state index in [0.717, 1.165) is 0 Å². The van der Waals surface area contributed by atoms with Crippen molar-refractivity contribution in [1.82, 2.24) is 5.32 Å². The fraction of sp³-hybridized carbons (Fsp3) is 0.143. The summed E-state index contributed by atoms with van der Waals surface area (Å²) in [5.74, 6) is 0.0235. The molecule has 0 saturated heterocycles. The van der Waals surface area contributed by atoms with E-state index in [2.05, 4.69) is 5.32 Å². The number of carbonyl (C=O) groups excluding carboxylic acids is 2. The van der Waals surface area contributed by atoms with E-state index in [1.54, 1.807) is 35.0 Å². The molecule has 4 nitrogen and oxygen atoms in total. The van der Waals surface area contributed by atoms with Gasteiger partial charge in [-0.1, -0.05) is 11.6 Å². The van der Waals surface area contributed by atoms with Crippen molar-refractivity contribution in [3.63, 3.8) is 0 Å². The topological polar surface area (TPSA) is 55.4 Å². The summed E-state index contributed by atoms with van der Waals surface area (Å²) in [5, 5.41) is 6.58. The lowest BCUT2D eigenvalue weighted by molar-refractivity contribution is 0.0903. The smallest absolute Gasteiger partial charge is 0.251 e. The minimum atomic E-state index is -0.316. The first-order valence-corrected chi connectivity index (χ1v) is 7.11. The van der Waals surface area contributed by atoms with Gasteiger partial charge in [0.2, 0.25) is 0 Å². The van der Waals surface area contributed by atoms with Gasteiger partial charge in [-0.25, -0.2) is 0 Å². The Kier molecular flexibility index (Phi) is 4.76. The van der Waals surface area contributed by atoms with Crippen LogP contribution in [0.4, 0.5) is 0 Å². The normalized spacial score (nSPS) is 10.1. The van der Waals surface area contributed by atoms with Crippen LogP contribution in [0.2, 0.25) is 5.02 Å². The minimum Gasteiger partial charge on any atom is -0.495 e. The van der Waals surface area contributed by atoms with Gasteiger partial charge in [-0.3, -0.25) is 9.59 Å². The second-order valence-corrected chi connectivity index (χ2v) is 5.15. The molecule has 1 amide bonds. The second-order valence-electron chi connectivity index (χ2n) is 3.97. The molecule has 0 spiro atoms. The van der Waals surface area contributed by atoms with Gasteiger partial charge >= 0.3 is 0 Å². The quantitative estimate of drug-likeness (QED) is 0.864. The van der Waals surface area contributed by atoms with Crippen molar-refractivity contribution in [3.05, 3.63) is 51.2 Å². The maximum atomic E-state index is 12.0. The lowest BCUT2D eigenvalue weighted by Crippen LogP contribution is -2.29. The number of hydrogen-bond acceptors (Lipinski definition) is 4. The highest BCUT2D eigenvalue weighted by Crippen LogP contribution is 2.23. The van der Waals surface area contributed by atoms with Gasteiger partial charge in [0.25, 0.3) is 5.91 Å². The van der Waals surface area contributed by atoms with Gasteiger partial charge in [0.1, 0.15) is 5.75 Å². The monoisotopic (exact) mass is 309 g/mol. The average molecular weight is 310 g/mol. The summed E-state index contributed by atoms with van der Waals surface area (Å²) in [5.41, 5.74) is 0.938. The fourth-order valence-electron chi connectivity index (χ4n) is 1.61. The molecule has 0 aliphatic heterocycles. The molecule has 0 atom stereocenters. The molecule has 1 aromatic heterocycles. The SMILES string of the molecule is COc1cscc1C(=O)CNC(=O)c1ccc(Cl)cc1. The number of Topliss-reactive ketones (excluding diaryl/α,β-unsaturated/α-hetero) is 1. The number of halogens is 1. The van der Waals surface area contributed by atoms with Crippen LogP contribution in [-0.2, 0) is 0 Å². The van der Waals surface area contributed by atoms with Crippen LogP contribution >= 0.6 is 22.9 Å². The number of nitrogens with one attached hydrogen (secondary N) is 1. The highest BCUT2D eigenvalue weighted by atomic mass is 35.5. The molecule has 2 rings (SSSR count). The third-order valence-electron chi connectivity index (χ3n) is 2.66. The summed E-state index contributed by atoms with van der Waals surface area (Å²) in [6.07, 6.45) is 0. The van der Waals surface area contributed by atoms with E-state index < -0.39 is 0 Å². The lowest BCUT2D eigenvalue weighted by Gasteiger charge is -2.05. The number of rotatable bonds is 5. The van der Waals surface area contributed by atoms with Crippen molar-refractivity contribution in [2.24, 2.45) is 0 Å². The third kappa shape index (κ3) is 3.37. The minimum absolute atomic E-state index is 0.0748. The van der Waals surface area contributed by atoms with Crippen molar-refractivity contribution in [2.45, 2.75) is 0 Å². The van der Waals surface area contributed by atoms with E-state index in [1.807, 2.05) is 0 Å². The molecular weight excluding hydrogens is 298 g/mol. The Morgan fingerprint density at radius 3 is 2.60 bits per heavy atom. The summed E-state index contributed by atoms with van der Waals surface area (Å²) in [6.45, 7) is -0.0748. The predicted molar refractivity (Wildman–Crippen MR) is 79.0 cm³/mol. The summed E-state index contributed by atoms with van der Waals surface area (Å²) in [7, 11) is 1.51. The Morgan fingerprint density at radius 2 is 1.95 bits per heavy atom. The van der Waals surface area contributed by atoms with E-state index in [4.69, 9.17) is 16.3 Å². The van der Waals surface area contributed by atoms with Gasteiger partial charge in [-0.15, -0.1) is 11.3 Å². The van der Waals surface area contributed by atoms with Gasteiger partial charge in [0.15, 0.2) is 5.78 Å². The van der Waals surface area contributed by atoms with Gasteiger partial charge in [0, 0.05) is 21.3 Å². The van der Waals surface area contributed by atoms with Crippen LogP contribution in [0.1, 0.15) is 20.7 Å². The van der Waals surface area contributed by atoms with Gasteiger partial charge in [-0.05, 0) is 24.3 Å². The van der Waals surface area contributed by atoms with Crippen LogP contribution in [0.3, 0.4) is 0 Å². The molecule has 1 heterocycles. The molecule has 0 aliphatic rings. The Balaban J connectivity index is 1.96.